The summed E-state index contributed by atoms with van der Waals surface area (Å²) in [5, 5.41) is 19.0. The van der Waals surface area contributed by atoms with Crippen LogP contribution in [-0.4, -0.2) is 51.7 Å². The minimum atomic E-state index is -0.921. The molecule has 1 aromatic heterocycles. The maximum Gasteiger partial charge on any atom is 0.337 e. The van der Waals surface area contributed by atoms with Gasteiger partial charge in [0.1, 0.15) is 12.3 Å². The molecule has 1 aromatic carbocycles. The van der Waals surface area contributed by atoms with Crippen molar-refractivity contribution in [2.24, 2.45) is 0 Å². The normalized spacial score (nSPS) is 22.3. The van der Waals surface area contributed by atoms with Crippen molar-refractivity contribution in [2.45, 2.75) is 24.9 Å². The van der Waals surface area contributed by atoms with Crippen LogP contribution in [0.1, 0.15) is 23.0 Å². The van der Waals surface area contributed by atoms with Gasteiger partial charge in [-0.15, -0.1) is 0 Å². The van der Waals surface area contributed by atoms with Crippen LogP contribution in [0, 0.1) is 0 Å². The molecule has 1 aliphatic heterocycles. The average Bonchev–Trinajstić information content (AvgIpc) is 3.01. The largest absolute Gasteiger partial charge is 0.465 e. The quantitative estimate of drug-likeness (QED) is 0.633. The van der Waals surface area contributed by atoms with Crippen molar-refractivity contribution in [3.63, 3.8) is 0 Å². The fourth-order valence-electron chi connectivity index (χ4n) is 2.89. The molecule has 0 amide bonds. The molecule has 0 bridgehead atoms. The number of rotatable bonds is 4. The summed E-state index contributed by atoms with van der Waals surface area (Å²) in [6, 6.07) is 6.23. The highest BCUT2D eigenvalue weighted by atomic mass is 16.5. The van der Waals surface area contributed by atoms with Gasteiger partial charge in [0, 0.05) is 12.6 Å². The van der Waals surface area contributed by atoms with Gasteiger partial charge in [0.2, 0.25) is 0 Å². The Bertz CT molecular complexity index is 933. The Morgan fingerprint density at radius 1 is 1.42 bits per heavy atom. The van der Waals surface area contributed by atoms with Crippen LogP contribution >= 0.6 is 0 Å². The molecule has 2 aromatic rings. The molecule has 1 saturated heterocycles. The second-order valence-electron chi connectivity index (χ2n) is 5.90. The zero-order chi connectivity index (χ0) is 18.8. The molecule has 9 heteroatoms. The summed E-state index contributed by atoms with van der Waals surface area (Å²) in [6.45, 7) is -0.385. The Morgan fingerprint density at radius 2 is 2.19 bits per heavy atom. The molecule has 3 atom stereocenters. The molecule has 1 fully saturated rings. The van der Waals surface area contributed by atoms with Crippen LogP contribution in [-0.2, 0) is 9.47 Å². The molecule has 0 radical (unpaired) electrons. The number of esters is 1. The third kappa shape index (κ3) is 3.32. The number of aliphatic hydroxyl groups excluding tert-OH is 2. The van der Waals surface area contributed by atoms with E-state index in [4.69, 9.17) is 4.74 Å². The standard InChI is InChI=1S/C17H18N2O7/c1-25-16(23)10-4-2-3-9(5-10)11-7-19(17(24)18-15(11)22)14-6-12(21)13(8-20)26-14/h2-5,7,12-14,20-21H,6,8H2,1H3,(H,18,22,24)/t12-,13+,14+/m0/s1. The molecule has 1 aliphatic rings. The molecular formula is C17H18N2O7. The molecule has 0 spiro atoms. The number of carbonyl (C=O) groups is 1. The topological polar surface area (TPSA) is 131 Å². The van der Waals surface area contributed by atoms with Gasteiger partial charge >= 0.3 is 11.7 Å². The van der Waals surface area contributed by atoms with E-state index in [2.05, 4.69) is 9.72 Å². The summed E-state index contributed by atoms with van der Waals surface area (Å²) in [5.74, 6) is -0.551. The maximum atomic E-state index is 12.2. The van der Waals surface area contributed by atoms with Gasteiger partial charge in [-0.1, -0.05) is 12.1 Å². The Labute approximate surface area is 147 Å². The molecular weight excluding hydrogens is 344 g/mol. The molecule has 2 heterocycles. The minimum absolute atomic E-state index is 0.0960. The van der Waals surface area contributed by atoms with Gasteiger partial charge in [0.25, 0.3) is 5.56 Å². The predicted octanol–water partition coefficient (Wildman–Crippen LogP) is -0.369. The first-order valence-corrected chi connectivity index (χ1v) is 7.93. The summed E-state index contributed by atoms with van der Waals surface area (Å²) in [7, 11) is 1.25. The third-order valence-corrected chi connectivity index (χ3v) is 4.26. The maximum absolute atomic E-state index is 12.2. The van der Waals surface area contributed by atoms with Crippen LogP contribution < -0.4 is 11.2 Å². The highest BCUT2D eigenvalue weighted by molar-refractivity contribution is 5.90. The lowest BCUT2D eigenvalue weighted by Crippen LogP contribution is -2.33. The zero-order valence-corrected chi connectivity index (χ0v) is 13.9. The first-order valence-electron chi connectivity index (χ1n) is 7.93. The number of hydrogen-bond acceptors (Lipinski definition) is 7. The summed E-state index contributed by atoms with van der Waals surface area (Å²) in [4.78, 5) is 38.3. The second-order valence-corrected chi connectivity index (χ2v) is 5.90. The van der Waals surface area contributed by atoms with Gasteiger partial charge in [0.05, 0.1) is 30.9 Å². The Balaban J connectivity index is 2.04. The van der Waals surface area contributed by atoms with Gasteiger partial charge in [-0.2, -0.15) is 0 Å². The zero-order valence-electron chi connectivity index (χ0n) is 13.9. The molecule has 3 N–H and O–H groups in total. The van der Waals surface area contributed by atoms with Gasteiger partial charge < -0.3 is 19.7 Å². The van der Waals surface area contributed by atoms with Crippen molar-refractivity contribution in [3.8, 4) is 11.1 Å². The summed E-state index contributed by atoms with van der Waals surface area (Å²) in [6.07, 6.45) is -1.14. The van der Waals surface area contributed by atoms with Gasteiger partial charge in [-0.25, -0.2) is 9.59 Å². The van der Waals surface area contributed by atoms with E-state index >= 15 is 0 Å². The lowest BCUT2D eigenvalue weighted by Gasteiger charge is -2.15. The van der Waals surface area contributed by atoms with E-state index in [1.807, 2.05) is 0 Å². The number of benzene rings is 1. The predicted molar refractivity (Wildman–Crippen MR) is 89.7 cm³/mol. The monoisotopic (exact) mass is 362 g/mol. The van der Waals surface area contributed by atoms with Gasteiger partial charge in [0.15, 0.2) is 0 Å². The summed E-state index contributed by atoms with van der Waals surface area (Å²) >= 11 is 0. The number of H-pyrrole nitrogens is 1. The lowest BCUT2D eigenvalue weighted by atomic mass is 10.1. The number of aromatic nitrogens is 2. The van der Waals surface area contributed by atoms with Crippen molar-refractivity contribution < 1.29 is 24.5 Å². The first kappa shape index (κ1) is 18.1. The fraction of sp³-hybridized carbons (Fsp3) is 0.353. The van der Waals surface area contributed by atoms with E-state index in [1.54, 1.807) is 18.2 Å². The minimum Gasteiger partial charge on any atom is -0.465 e. The van der Waals surface area contributed by atoms with Crippen LogP contribution in [0.3, 0.4) is 0 Å². The van der Waals surface area contributed by atoms with Gasteiger partial charge in [-0.3, -0.25) is 14.3 Å². The molecule has 138 valence electrons. The molecule has 26 heavy (non-hydrogen) atoms. The van der Waals surface area contributed by atoms with Crippen LogP contribution in [0.4, 0.5) is 0 Å². The lowest BCUT2D eigenvalue weighted by molar-refractivity contribution is -0.0458. The molecule has 0 aliphatic carbocycles. The highest BCUT2D eigenvalue weighted by Crippen LogP contribution is 2.28. The number of nitrogens with zero attached hydrogens (tertiary/aromatic N) is 1. The highest BCUT2D eigenvalue weighted by Gasteiger charge is 2.35. The smallest absolute Gasteiger partial charge is 0.337 e. The summed E-state index contributed by atoms with van der Waals surface area (Å²) in [5.41, 5.74) is -0.486. The molecule has 0 saturated carbocycles. The van der Waals surface area contributed by atoms with Gasteiger partial charge in [-0.05, 0) is 17.7 Å². The van der Waals surface area contributed by atoms with E-state index in [0.717, 1.165) is 4.57 Å². The summed E-state index contributed by atoms with van der Waals surface area (Å²) < 4.78 is 11.3. The van der Waals surface area contributed by atoms with Crippen LogP contribution in [0.15, 0.2) is 40.1 Å². The third-order valence-electron chi connectivity index (χ3n) is 4.26. The molecule has 9 nitrogen and oxygen atoms in total. The van der Waals surface area contributed by atoms with Crippen LogP contribution in [0.25, 0.3) is 11.1 Å². The van der Waals surface area contributed by atoms with Crippen molar-refractivity contribution in [2.75, 3.05) is 13.7 Å². The van der Waals surface area contributed by atoms with E-state index in [9.17, 15) is 24.6 Å². The van der Waals surface area contributed by atoms with E-state index in [-0.39, 0.29) is 24.2 Å². The number of ether oxygens (including phenoxy) is 2. The van der Waals surface area contributed by atoms with E-state index in [1.165, 1.54) is 19.4 Å². The average molecular weight is 362 g/mol. The number of nitrogens with one attached hydrogen (secondary N) is 1. The van der Waals surface area contributed by atoms with E-state index in [0.29, 0.717) is 5.56 Å². The number of aromatic amines is 1. The van der Waals surface area contributed by atoms with Crippen molar-refractivity contribution in [3.05, 3.63) is 56.9 Å². The second kappa shape index (κ2) is 7.24. The first-order chi connectivity index (χ1) is 12.4. The van der Waals surface area contributed by atoms with Crippen LogP contribution in [0.2, 0.25) is 0 Å². The van der Waals surface area contributed by atoms with Crippen molar-refractivity contribution >= 4 is 5.97 Å². The molecule has 3 rings (SSSR count). The van der Waals surface area contributed by atoms with Crippen molar-refractivity contribution in [1.29, 1.82) is 0 Å². The Morgan fingerprint density at radius 3 is 2.85 bits per heavy atom. The number of hydrogen-bond donors (Lipinski definition) is 3. The number of methoxy groups -OCH3 is 1. The Hall–Kier alpha value is -2.75. The molecule has 0 unspecified atom stereocenters. The number of carbonyl (C=O) groups excluding carboxylic acids is 1. The van der Waals surface area contributed by atoms with Crippen LogP contribution in [0.5, 0.6) is 0 Å². The number of aliphatic hydroxyl groups is 2. The fourth-order valence-corrected chi connectivity index (χ4v) is 2.89. The SMILES string of the molecule is COC(=O)c1cccc(-c2cn([C@H]3C[C@H](O)[C@@H](CO)O3)c(=O)[nH]c2=O)c1. The van der Waals surface area contributed by atoms with Crippen molar-refractivity contribution in [1.82, 2.24) is 9.55 Å². The Kier molecular flexibility index (Phi) is 5.03. The van der Waals surface area contributed by atoms with E-state index < -0.39 is 35.7 Å².